The van der Waals surface area contributed by atoms with Crippen LogP contribution in [0.5, 0.6) is 5.75 Å². The van der Waals surface area contributed by atoms with Gasteiger partial charge in [-0.15, -0.1) is 0 Å². The molecular weight excluding hydrogens is 388 g/mol. The third-order valence-corrected chi connectivity index (χ3v) is 5.37. The van der Waals surface area contributed by atoms with Crippen molar-refractivity contribution in [1.82, 2.24) is 19.8 Å². The minimum atomic E-state index is -0.504. The van der Waals surface area contributed by atoms with Crippen molar-refractivity contribution in [3.05, 3.63) is 53.1 Å². The number of ether oxygens (including phenoxy) is 1. The summed E-state index contributed by atoms with van der Waals surface area (Å²) in [6.45, 7) is 4.44. The summed E-state index contributed by atoms with van der Waals surface area (Å²) in [5.74, 6) is 0.763. The Hall–Kier alpha value is -1.73. The summed E-state index contributed by atoms with van der Waals surface area (Å²) in [5.41, 5.74) is 1.95. The van der Waals surface area contributed by atoms with E-state index >= 15 is 0 Å². The molecule has 0 amide bonds. The van der Waals surface area contributed by atoms with Crippen LogP contribution in [0.4, 0.5) is 0 Å². The molecule has 6 nitrogen and oxygen atoms in total. The van der Waals surface area contributed by atoms with E-state index in [1.165, 1.54) is 25.7 Å². The van der Waals surface area contributed by atoms with Crippen LogP contribution in [-0.4, -0.2) is 64.3 Å². The van der Waals surface area contributed by atoms with Crippen LogP contribution >= 0.6 is 11.6 Å². The van der Waals surface area contributed by atoms with Crippen LogP contribution in [-0.2, 0) is 13.1 Å². The molecule has 0 bridgehead atoms. The molecule has 0 saturated carbocycles. The zero-order valence-electron chi connectivity index (χ0n) is 17.1. The zero-order valence-corrected chi connectivity index (χ0v) is 17.9. The molecule has 1 fully saturated rings. The number of aliphatic hydroxyl groups excluding tert-OH is 1. The lowest BCUT2D eigenvalue weighted by molar-refractivity contribution is 0.0687. The van der Waals surface area contributed by atoms with Gasteiger partial charge in [0.15, 0.2) is 0 Å². The van der Waals surface area contributed by atoms with Crippen LogP contribution < -0.4 is 4.74 Å². The Kier molecular flexibility index (Phi) is 8.68. The molecule has 7 heteroatoms. The van der Waals surface area contributed by atoms with Crippen molar-refractivity contribution in [2.75, 3.05) is 33.3 Å². The Balaban J connectivity index is 1.54. The van der Waals surface area contributed by atoms with Crippen molar-refractivity contribution < 1.29 is 9.84 Å². The lowest BCUT2D eigenvalue weighted by Gasteiger charge is -2.24. The molecule has 29 heavy (non-hydrogen) atoms. The van der Waals surface area contributed by atoms with Gasteiger partial charge in [0.05, 0.1) is 5.69 Å². The van der Waals surface area contributed by atoms with Crippen molar-refractivity contribution in [2.45, 2.75) is 44.9 Å². The first-order valence-corrected chi connectivity index (χ1v) is 10.7. The van der Waals surface area contributed by atoms with Gasteiger partial charge in [-0.25, -0.2) is 9.97 Å². The summed E-state index contributed by atoms with van der Waals surface area (Å²) >= 11 is 6.22. The van der Waals surface area contributed by atoms with Crippen LogP contribution in [0.1, 0.15) is 36.9 Å². The first-order chi connectivity index (χ1) is 14.1. The molecule has 3 rings (SSSR count). The number of nitrogens with zero attached hydrogens (tertiary/aromatic N) is 4. The number of halogens is 1. The van der Waals surface area contributed by atoms with E-state index in [2.05, 4.69) is 19.8 Å². The second-order valence-electron chi connectivity index (χ2n) is 7.80. The number of hydrogen-bond acceptors (Lipinski definition) is 6. The Morgan fingerprint density at radius 1 is 1.17 bits per heavy atom. The van der Waals surface area contributed by atoms with E-state index in [9.17, 15) is 5.11 Å². The van der Waals surface area contributed by atoms with Gasteiger partial charge in [-0.3, -0.25) is 4.90 Å². The van der Waals surface area contributed by atoms with Gasteiger partial charge < -0.3 is 14.7 Å². The fourth-order valence-corrected chi connectivity index (χ4v) is 3.90. The van der Waals surface area contributed by atoms with E-state index < -0.39 is 6.10 Å². The summed E-state index contributed by atoms with van der Waals surface area (Å²) in [4.78, 5) is 12.7. The number of aromatic nitrogens is 2. The third kappa shape index (κ3) is 7.55. The lowest BCUT2D eigenvalue weighted by Crippen LogP contribution is -2.36. The maximum Gasteiger partial charge on any atom is 0.124 e. The fraction of sp³-hybridized carbons (Fsp3) is 0.545. The van der Waals surface area contributed by atoms with Crippen LogP contribution in [0.2, 0.25) is 5.02 Å². The molecule has 1 atom stereocenters. The Morgan fingerprint density at radius 3 is 2.69 bits per heavy atom. The van der Waals surface area contributed by atoms with Gasteiger partial charge in [0, 0.05) is 36.4 Å². The average Bonchev–Trinajstić information content (AvgIpc) is 2.97. The van der Waals surface area contributed by atoms with E-state index in [1.54, 1.807) is 12.5 Å². The van der Waals surface area contributed by atoms with Gasteiger partial charge in [-0.1, -0.05) is 24.4 Å². The highest BCUT2D eigenvalue weighted by Gasteiger charge is 2.16. The SMILES string of the molecule is CN(Cc1ccncn1)Cc1cc(Cl)ccc1OC[C@@H](O)CN1CCCCCC1. The van der Waals surface area contributed by atoms with Crippen LogP contribution in [0.25, 0.3) is 0 Å². The summed E-state index contributed by atoms with van der Waals surface area (Å²) in [7, 11) is 2.03. The summed E-state index contributed by atoms with van der Waals surface area (Å²) in [6, 6.07) is 7.54. The Morgan fingerprint density at radius 2 is 1.97 bits per heavy atom. The molecule has 0 aliphatic carbocycles. The highest BCUT2D eigenvalue weighted by Crippen LogP contribution is 2.25. The molecule has 1 aromatic heterocycles. The molecule has 158 valence electrons. The number of benzene rings is 1. The molecule has 1 saturated heterocycles. The lowest BCUT2D eigenvalue weighted by atomic mass is 10.2. The van der Waals surface area contributed by atoms with E-state index in [0.717, 1.165) is 30.1 Å². The summed E-state index contributed by atoms with van der Waals surface area (Å²) in [5, 5.41) is 11.1. The van der Waals surface area contributed by atoms with E-state index in [4.69, 9.17) is 16.3 Å². The van der Waals surface area contributed by atoms with Gasteiger partial charge in [0.25, 0.3) is 0 Å². The first-order valence-electron chi connectivity index (χ1n) is 10.4. The second-order valence-corrected chi connectivity index (χ2v) is 8.24. The maximum absolute atomic E-state index is 10.5. The maximum atomic E-state index is 10.5. The standard InChI is InChI=1S/C22H31ClN4O2/c1-26(14-20-8-9-24-17-25-20)13-18-12-19(23)6-7-22(18)29-16-21(28)15-27-10-4-2-3-5-11-27/h6-9,12,17,21,28H,2-5,10-11,13-16H2,1H3/t21-/m0/s1. The van der Waals surface area contributed by atoms with Gasteiger partial charge >= 0.3 is 0 Å². The molecule has 0 spiro atoms. The van der Waals surface area contributed by atoms with Crippen LogP contribution in [0, 0.1) is 0 Å². The number of rotatable bonds is 9. The minimum absolute atomic E-state index is 0.279. The molecule has 1 aliphatic heterocycles. The molecule has 2 heterocycles. The molecule has 1 aliphatic rings. The fourth-order valence-electron chi connectivity index (χ4n) is 3.70. The van der Waals surface area contributed by atoms with Crippen LogP contribution in [0.15, 0.2) is 36.8 Å². The number of likely N-dealkylation sites (tertiary alicyclic amines) is 1. The van der Waals surface area contributed by atoms with Crippen LogP contribution in [0.3, 0.4) is 0 Å². The summed E-state index contributed by atoms with van der Waals surface area (Å²) in [6.07, 6.45) is 7.81. The van der Waals surface area contributed by atoms with E-state index in [0.29, 0.717) is 24.7 Å². The van der Waals surface area contributed by atoms with Gasteiger partial charge in [0.1, 0.15) is 24.8 Å². The smallest absolute Gasteiger partial charge is 0.124 e. The minimum Gasteiger partial charge on any atom is -0.491 e. The Bertz CT molecular complexity index is 739. The van der Waals surface area contributed by atoms with Crippen molar-refractivity contribution >= 4 is 11.6 Å². The monoisotopic (exact) mass is 418 g/mol. The zero-order chi connectivity index (χ0) is 20.5. The molecule has 1 aromatic carbocycles. The highest BCUT2D eigenvalue weighted by atomic mass is 35.5. The predicted octanol–water partition coefficient (Wildman–Crippen LogP) is 3.38. The van der Waals surface area contributed by atoms with Gasteiger partial charge in [-0.2, -0.15) is 0 Å². The third-order valence-electron chi connectivity index (χ3n) is 5.14. The van der Waals surface area contributed by atoms with Gasteiger partial charge in [0.2, 0.25) is 0 Å². The van der Waals surface area contributed by atoms with Crippen molar-refractivity contribution in [1.29, 1.82) is 0 Å². The molecule has 2 aromatic rings. The molecule has 0 unspecified atom stereocenters. The van der Waals surface area contributed by atoms with E-state index in [1.807, 2.05) is 31.3 Å². The topological polar surface area (TPSA) is 61.7 Å². The van der Waals surface area contributed by atoms with E-state index in [-0.39, 0.29) is 6.61 Å². The Labute approximate surface area is 178 Å². The van der Waals surface area contributed by atoms with Crippen molar-refractivity contribution in [2.24, 2.45) is 0 Å². The normalized spacial score (nSPS) is 16.6. The molecule has 0 radical (unpaired) electrons. The number of hydrogen-bond donors (Lipinski definition) is 1. The average molecular weight is 419 g/mol. The molecular formula is C22H31ClN4O2. The summed E-state index contributed by atoms with van der Waals surface area (Å²) < 4.78 is 5.99. The quantitative estimate of drug-likeness (QED) is 0.673. The number of aliphatic hydroxyl groups is 1. The van der Waals surface area contributed by atoms with Crippen molar-refractivity contribution in [3.8, 4) is 5.75 Å². The predicted molar refractivity (Wildman–Crippen MR) is 115 cm³/mol. The van der Waals surface area contributed by atoms with Crippen molar-refractivity contribution in [3.63, 3.8) is 0 Å². The number of β-amino-alcohol motifs (C(OH)–C–C–N with tert-alkyl or cyclic N) is 1. The first kappa shape index (κ1) is 22.0. The van der Waals surface area contributed by atoms with Gasteiger partial charge in [-0.05, 0) is 57.2 Å². The highest BCUT2D eigenvalue weighted by molar-refractivity contribution is 6.30. The second kappa shape index (κ2) is 11.5. The molecule has 1 N–H and O–H groups in total. The largest absolute Gasteiger partial charge is 0.491 e.